The van der Waals surface area contributed by atoms with Crippen molar-refractivity contribution in [1.82, 2.24) is 18.4 Å². The number of hydrogen-bond donors (Lipinski definition) is 0. The molecule has 0 bridgehead atoms. The van der Waals surface area contributed by atoms with Crippen molar-refractivity contribution in [2.45, 2.75) is 58.0 Å². The maximum Gasteiger partial charge on any atom is 0.410 e. The maximum atomic E-state index is 12.8. The monoisotopic (exact) mass is 572 g/mol. The number of aromatic nitrogens is 2. The van der Waals surface area contributed by atoms with Gasteiger partial charge in [-0.15, -0.1) is 4.09 Å². The van der Waals surface area contributed by atoms with E-state index in [2.05, 4.69) is 29.4 Å². The summed E-state index contributed by atoms with van der Waals surface area (Å²) < 4.78 is 33.4. The summed E-state index contributed by atoms with van der Waals surface area (Å²) in [4.78, 5) is 14.5. The Morgan fingerprint density at radius 3 is 2.05 bits per heavy atom. The van der Waals surface area contributed by atoms with Crippen LogP contribution in [-0.2, 0) is 26.8 Å². The van der Waals surface area contributed by atoms with Gasteiger partial charge in [0.2, 0.25) is 0 Å². The minimum absolute atomic E-state index is 0.292. The lowest BCUT2D eigenvalue weighted by Crippen LogP contribution is -2.47. The zero-order chi connectivity index (χ0) is 28.6. The second-order valence-electron chi connectivity index (χ2n) is 11.1. The fourth-order valence-electron chi connectivity index (χ4n) is 5.16. The van der Waals surface area contributed by atoms with Crippen LogP contribution in [0.15, 0.2) is 54.7 Å². The molecule has 2 heterocycles. The molecule has 8 nitrogen and oxygen atoms in total. The van der Waals surface area contributed by atoms with Gasteiger partial charge in [0.1, 0.15) is 5.60 Å². The molecule has 0 spiro atoms. The van der Waals surface area contributed by atoms with Gasteiger partial charge < -0.3 is 9.64 Å². The third kappa shape index (κ3) is 5.85. The summed E-state index contributed by atoms with van der Waals surface area (Å²) in [5.41, 5.74) is 3.73. The highest BCUT2D eigenvalue weighted by Gasteiger charge is 2.40. The molecular formula is C29H37ClN4O4S. The summed E-state index contributed by atoms with van der Waals surface area (Å²) >= 11 is 6.22. The van der Waals surface area contributed by atoms with E-state index in [-0.39, 0.29) is 11.5 Å². The number of nitrogens with zero attached hydrogens (tertiary/aromatic N) is 4. The van der Waals surface area contributed by atoms with E-state index < -0.39 is 15.8 Å². The Balaban J connectivity index is 1.68. The predicted octanol–water partition coefficient (Wildman–Crippen LogP) is 5.74. The lowest BCUT2D eigenvalue weighted by atomic mass is 9.68. The van der Waals surface area contributed by atoms with Crippen molar-refractivity contribution in [3.63, 3.8) is 0 Å². The van der Waals surface area contributed by atoms with Crippen LogP contribution in [0.25, 0.3) is 11.1 Å². The number of rotatable bonds is 6. The molecule has 1 aliphatic heterocycles. The first-order valence-corrected chi connectivity index (χ1v) is 14.9. The van der Waals surface area contributed by atoms with Crippen LogP contribution in [0.2, 0.25) is 5.02 Å². The van der Waals surface area contributed by atoms with E-state index in [0.29, 0.717) is 30.2 Å². The molecule has 1 aromatic heterocycles. The highest BCUT2D eigenvalue weighted by Crippen LogP contribution is 2.43. The fourth-order valence-corrected chi connectivity index (χ4v) is 6.26. The van der Waals surface area contributed by atoms with Crippen molar-refractivity contribution < 1.29 is 17.9 Å². The number of carbonyl (C=O) groups excluding carboxylic acids is 1. The molecule has 10 heteroatoms. The first-order chi connectivity index (χ1) is 18.3. The molecule has 0 radical (unpaired) electrons. The fraction of sp³-hybridized carbons (Fsp3) is 0.448. The Bertz CT molecular complexity index is 1420. The highest BCUT2D eigenvalue weighted by molar-refractivity contribution is 7.87. The van der Waals surface area contributed by atoms with Gasteiger partial charge in [-0.3, -0.25) is 0 Å². The van der Waals surface area contributed by atoms with E-state index in [1.54, 1.807) is 11.1 Å². The van der Waals surface area contributed by atoms with E-state index in [4.69, 9.17) is 16.3 Å². The van der Waals surface area contributed by atoms with Gasteiger partial charge in [0.15, 0.2) is 0 Å². The Labute approximate surface area is 236 Å². The molecule has 1 fully saturated rings. The molecule has 1 amide bonds. The van der Waals surface area contributed by atoms with Crippen LogP contribution in [-0.4, -0.2) is 65.7 Å². The molecule has 0 atom stereocenters. The van der Waals surface area contributed by atoms with Crippen LogP contribution in [0.3, 0.4) is 0 Å². The Morgan fingerprint density at radius 1 is 1.03 bits per heavy atom. The zero-order valence-electron chi connectivity index (χ0n) is 23.4. The van der Waals surface area contributed by atoms with Crippen molar-refractivity contribution in [3.05, 3.63) is 76.6 Å². The first kappa shape index (κ1) is 29.1. The van der Waals surface area contributed by atoms with E-state index in [1.165, 1.54) is 14.1 Å². The topological polar surface area (TPSA) is 84.7 Å². The third-order valence-electron chi connectivity index (χ3n) is 7.26. The predicted molar refractivity (Wildman–Crippen MR) is 154 cm³/mol. The smallest absolute Gasteiger partial charge is 0.410 e. The van der Waals surface area contributed by atoms with Crippen molar-refractivity contribution in [3.8, 4) is 11.1 Å². The average molecular weight is 573 g/mol. The van der Waals surface area contributed by atoms with E-state index in [9.17, 15) is 13.2 Å². The molecule has 0 unspecified atom stereocenters. The van der Waals surface area contributed by atoms with Crippen LogP contribution in [0, 0.1) is 0 Å². The third-order valence-corrected chi connectivity index (χ3v) is 9.19. The second kappa shape index (κ2) is 10.9. The first-order valence-electron chi connectivity index (χ1n) is 13.1. The molecule has 2 aromatic carbocycles. The quantitative estimate of drug-likeness (QED) is 0.376. The minimum atomic E-state index is -3.72. The van der Waals surface area contributed by atoms with Gasteiger partial charge in [-0.05, 0) is 68.9 Å². The lowest BCUT2D eigenvalue weighted by Gasteiger charge is -2.43. The number of carbonyl (C=O) groups is 1. The summed E-state index contributed by atoms with van der Waals surface area (Å²) in [5.74, 6) is 0. The highest BCUT2D eigenvalue weighted by atomic mass is 35.5. The normalized spacial score (nSPS) is 15.9. The van der Waals surface area contributed by atoms with Crippen LogP contribution < -0.4 is 0 Å². The molecule has 39 heavy (non-hydrogen) atoms. The van der Waals surface area contributed by atoms with Gasteiger partial charge in [0, 0.05) is 43.2 Å². The minimum Gasteiger partial charge on any atom is -0.444 e. The Kier molecular flexibility index (Phi) is 8.17. The number of likely N-dealkylation sites (tertiary alicyclic amines) is 1. The largest absolute Gasteiger partial charge is 0.444 e. The molecule has 4 rings (SSSR count). The van der Waals surface area contributed by atoms with Gasteiger partial charge in [0.05, 0.1) is 11.9 Å². The van der Waals surface area contributed by atoms with Crippen molar-refractivity contribution in [1.29, 1.82) is 0 Å². The molecule has 1 aliphatic rings. The van der Waals surface area contributed by atoms with Gasteiger partial charge in [-0.25, -0.2) is 4.79 Å². The molecule has 3 aromatic rings. The van der Waals surface area contributed by atoms with Crippen LogP contribution in [0.4, 0.5) is 4.79 Å². The van der Waals surface area contributed by atoms with Gasteiger partial charge >= 0.3 is 16.3 Å². The molecule has 1 saturated heterocycles. The summed E-state index contributed by atoms with van der Waals surface area (Å²) in [5, 5.41) is 4.89. The van der Waals surface area contributed by atoms with Crippen LogP contribution >= 0.6 is 11.6 Å². The van der Waals surface area contributed by atoms with Crippen LogP contribution in [0.1, 0.15) is 57.4 Å². The van der Waals surface area contributed by atoms with Crippen LogP contribution in [0.5, 0.6) is 0 Å². The Hall–Kier alpha value is -2.88. The molecule has 210 valence electrons. The molecule has 0 saturated carbocycles. The Morgan fingerprint density at radius 2 is 1.56 bits per heavy atom. The molecular weight excluding hydrogens is 536 g/mol. The zero-order valence-corrected chi connectivity index (χ0v) is 25.0. The maximum absolute atomic E-state index is 12.8. The van der Waals surface area contributed by atoms with E-state index >= 15 is 0 Å². The summed E-state index contributed by atoms with van der Waals surface area (Å²) in [7, 11) is -0.729. The molecule has 0 aliphatic carbocycles. The van der Waals surface area contributed by atoms with Gasteiger partial charge in [0.25, 0.3) is 0 Å². The van der Waals surface area contributed by atoms with Gasteiger partial charge in [-0.1, -0.05) is 54.9 Å². The van der Waals surface area contributed by atoms with Gasteiger partial charge in [-0.2, -0.15) is 17.8 Å². The molecule has 0 N–H and O–H groups in total. The second-order valence-corrected chi connectivity index (χ2v) is 13.5. The number of piperidine rings is 1. The number of ether oxygens (including phenoxy) is 1. The summed E-state index contributed by atoms with van der Waals surface area (Å²) in [6.45, 7) is 8.67. The van der Waals surface area contributed by atoms with E-state index in [1.807, 2.05) is 52.0 Å². The number of halogens is 1. The standard InChI is InChI=1S/C29H37ClN4O4S/c1-7-26-25(20-31-34(26)39(36,37)32(5)6)21-8-10-22(11-9-21)29(23-12-14-24(30)15-13-23)16-18-33(19-17-29)27(35)38-28(2,3)4/h8-15,20H,7,16-19H2,1-6H3. The number of benzene rings is 2. The SMILES string of the molecule is CCc1c(-c2ccc(C3(c4ccc(Cl)cc4)CCN(C(=O)OC(C)(C)C)CC3)cc2)cnn1S(=O)(=O)N(C)C. The summed E-state index contributed by atoms with van der Waals surface area (Å²) in [6.07, 6.45) is 3.29. The van der Waals surface area contributed by atoms with Crippen molar-refractivity contribution in [2.75, 3.05) is 27.2 Å². The number of amides is 1. The number of hydrogen-bond acceptors (Lipinski definition) is 5. The van der Waals surface area contributed by atoms with Crippen molar-refractivity contribution >= 4 is 27.9 Å². The lowest BCUT2D eigenvalue weighted by molar-refractivity contribution is 0.0180. The average Bonchev–Trinajstić information content (AvgIpc) is 3.33. The summed E-state index contributed by atoms with van der Waals surface area (Å²) in [6, 6.07) is 16.2. The van der Waals surface area contributed by atoms with Crippen molar-refractivity contribution in [2.24, 2.45) is 0 Å². The van der Waals surface area contributed by atoms with E-state index in [0.717, 1.165) is 43.5 Å².